The standard InChI is InChI=1S/C19H20N2O8S/c1-20-17(22)14-10-12(6-8-16(14)27-2)30(25,26)21-15-9-11(18(23)28-3)5-7-13(15)19(24)29-4/h5-10,21H,1-4H3,(H,20,22). The number of rotatable bonds is 7. The van der Waals surface area contributed by atoms with E-state index in [-0.39, 0.29) is 33.0 Å². The molecule has 0 saturated carbocycles. The first-order valence-corrected chi connectivity index (χ1v) is 9.90. The molecule has 0 unspecified atom stereocenters. The van der Waals surface area contributed by atoms with Crippen LogP contribution in [0.25, 0.3) is 0 Å². The average Bonchev–Trinajstić information content (AvgIpc) is 2.76. The molecule has 0 aliphatic heterocycles. The predicted octanol–water partition coefficient (Wildman–Crippen LogP) is 1.43. The van der Waals surface area contributed by atoms with E-state index in [0.717, 1.165) is 26.4 Å². The van der Waals surface area contributed by atoms with Gasteiger partial charge in [-0.2, -0.15) is 0 Å². The first kappa shape index (κ1) is 22.7. The number of benzene rings is 2. The summed E-state index contributed by atoms with van der Waals surface area (Å²) in [6, 6.07) is 7.37. The molecule has 0 atom stereocenters. The van der Waals surface area contributed by atoms with Crippen molar-refractivity contribution >= 4 is 33.6 Å². The number of carbonyl (C=O) groups excluding carboxylic acids is 3. The summed E-state index contributed by atoms with van der Waals surface area (Å²) in [6.45, 7) is 0. The van der Waals surface area contributed by atoms with Gasteiger partial charge in [0.05, 0.1) is 48.6 Å². The number of esters is 2. The second-order valence-corrected chi connectivity index (χ2v) is 7.47. The van der Waals surface area contributed by atoms with Crippen LogP contribution in [0.1, 0.15) is 31.1 Å². The van der Waals surface area contributed by atoms with E-state index in [1.807, 2.05) is 0 Å². The van der Waals surface area contributed by atoms with E-state index < -0.39 is 27.9 Å². The largest absolute Gasteiger partial charge is 0.496 e. The third kappa shape index (κ3) is 4.69. The van der Waals surface area contributed by atoms with Gasteiger partial charge in [-0.15, -0.1) is 0 Å². The zero-order valence-corrected chi connectivity index (χ0v) is 17.5. The molecule has 0 aliphatic carbocycles. The van der Waals surface area contributed by atoms with E-state index in [1.54, 1.807) is 0 Å². The SMILES string of the molecule is CNC(=O)c1cc(S(=O)(=O)Nc2cc(C(=O)OC)ccc2C(=O)OC)ccc1OC. The van der Waals surface area contributed by atoms with Crippen molar-refractivity contribution in [1.29, 1.82) is 0 Å². The third-order valence-electron chi connectivity index (χ3n) is 4.04. The lowest BCUT2D eigenvalue weighted by molar-refractivity contribution is 0.0587. The van der Waals surface area contributed by atoms with Crippen LogP contribution < -0.4 is 14.8 Å². The first-order chi connectivity index (χ1) is 14.2. The van der Waals surface area contributed by atoms with Crippen LogP contribution in [0.3, 0.4) is 0 Å². The molecule has 0 radical (unpaired) electrons. The lowest BCUT2D eigenvalue weighted by atomic mass is 10.1. The highest BCUT2D eigenvalue weighted by Gasteiger charge is 2.23. The fraction of sp³-hybridized carbons (Fsp3) is 0.211. The molecule has 10 nitrogen and oxygen atoms in total. The van der Waals surface area contributed by atoms with Crippen molar-refractivity contribution in [3.8, 4) is 5.75 Å². The zero-order chi connectivity index (χ0) is 22.5. The van der Waals surface area contributed by atoms with Gasteiger partial charge >= 0.3 is 11.9 Å². The number of anilines is 1. The van der Waals surface area contributed by atoms with Crippen LogP contribution in [0, 0.1) is 0 Å². The summed E-state index contributed by atoms with van der Waals surface area (Å²) in [7, 11) is 0.770. The van der Waals surface area contributed by atoms with Crippen LogP contribution in [0.4, 0.5) is 5.69 Å². The van der Waals surface area contributed by atoms with Gasteiger partial charge in [0.2, 0.25) is 0 Å². The Morgan fingerprint density at radius 3 is 2.10 bits per heavy atom. The number of hydrogen-bond donors (Lipinski definition) is 2. The Morgan fingerprint density at radius 1 is 0.867 bits per heavy atom. The molecule has 0 aromatic heterocycles. The quantitative estimate of drug-likeness (QED) is 0.622. The van der Waals surface area contributed by atoms with Crippen LogP contribution in [0.5, 0.6) is 5.75 Å². The molecule has 2 aromatic rings. The van der Waals surface area contributed by atoms with Crippen molar-refractivity contribution in [3.05, 3.63) is 53.1 Å². The van der Waals surface area contributed by atoms with Crippen LogP contribution in [0.2, 0.25) is 0 Å². The molecular weight excluding hydrogens is 416 g/mol. The highest BCUT2D eigenvalue weighted by atomic mass is 32.2. The number of nitrogens with one attached hydrogen (secondary N) is 2. The number of methoxy groups -OCH3 is 3. The normalized spacial score (nSPS) is 10.7. The smallest absolute Gasteiger partial charge is 0.339 e. The summed E-state index contributed by atoms with van der Waals surface area (Å²) in [5.41, 5.74) is -0.293. The minimum absolute atomic E-state index is 0.000576. The minimum atomic E-state index is -4.26. The van der Waals surface area contributed by atoms with Gasteiger partial charge < -0.3 is 19.5 Å². The van der Waals surface area contributed by atoms with Crippen molar-refractivity contribution in [2.45, 2.75) is 4.90 Å². The minimum Gasteiger partial charge on any atom is -0.496 e. The summed E-state index contributed by atoms with van der Waals surface area (Å²) in [5, 5.41) is 2.40. The topological polar surface area (TPSA) is 137 Å². The summed E-state index contributed by atoms with van der Waals surface area (Å²) < 4.78 is 42.5. The van der Waals surface area contributed by atoms with Crippen LogP contribution in [-0.4, -0.2) is 54.6 Å². The molecule has 0 saturated heterocycles. The summed E-state index contributed by atoms with van der Waals surface area (Å²) in [5.74, 6) is -1.91. The van der Waals surface area contributed by atoms with Gasteiger partial charge in [-0.3, -0.25) is 9.52 Å². The number of hydrogen-bond acceptors (Lipinski definition) is 8. The molecule has 160 valence electrons. The number of carbonyl (C=O) groups is 3. The van der Waals surface area contributed by atoms with Crippen molar-refractivity contribution < 1.29 is 37.0 Å². The number of ether oxygens (including phenoxy) is 3. The maximum absolute atomic E-state index is 12.9. The molecule has 1 amide bonds. The van der Waals surface area contributed by atoms with Gasteiger partial charge in [0.1, 0.15) is 5.75 Å². The first-order valence-electron chi connectivity index (χ1n) is 8.42. The molecule has 0 heterocycles. The maximum atomic E-state index is 12.9. The Bertz CT molecular complexity index is 1100. The zero-order valence-electron chi connectivity index (χ0n) is 16.6. The number of amides is 1. The molecule has 30 heavy (non-hydrogen) atoms. The molecule has 2 N–H and O–H groups in total. The Hall–Kier alpha value is -3.60. The molecule has 0 aliphatic rings. The number of sulfonamides is 1. The monoisotopic (exact) mass is 436 g/mol. The molecule has 2 rings (SSSR count). The summed E-state index contributed by atoms with van der Waals surface area (Å²) in [6.07, 6.45) is 0. The van der Waals surface area contributed by atoms with Crippen molar-refractivity contribution in [1.82, 2.24) is 5.32 Å². The molecule has 11 heteroatoms. The lowest BCUT2D eigenvalue weighted by Crippen LogP contribution is -2.21. The van der Waals surface area contributed by atoms with E-state index in [9.17, 15) is 22.8 Å². The maximum Gasteiger partial charge on any atom is 0.339 e. The molecule has 2 aromatic carbocycles. The van der Waals surface area contributed by atoms with Crippen molar-refractivity contribution in [2.75, 3.05) is 33.1 Å². The van der Waals surface area contributed by atoms with Gasteiger partial charge in [0.15, 0.2) is 0 Å². The predicted molar refractivity (Wildman–Crippen MR) is 106 cm³/mol. The highest BCUT2D eigenvalue weighted by molar-refractivity contribution is 7.92. The molecule has 0 fully saturated rings. The second-order valence-electron chi connectivity index (χ2n) is 5.79. The van der Waals surface area contributed by atoms with E-state index in [0.29, 0.717) is 0 Å². The van der Waals surface area contributed by atoms with Gasteiger partial charge in [-0.05, 0) is 36.4 Å². The molecule has 0 bridgehead atoms. The van der Waals surface area contributed by atoms with Crippen LogP contribution in [0.15, 0.2) is 41.3 Å². The Labute approximate surface area is 173 Å². The van der Waals surface area contributed by atoms with Gasteiger partial charge in [-0.25, -0.2) is 18.0 Å². The third-order valence-corrected chi connectivity index (χ3v) is 5.41. The van der Waals surface area contributed by atoms with Crippen LogP contribution in [-0.2, 0) is 19.5 Å². The van der Waals surface area contributed by atoms with E-state index in [1.165, 1.54) is 38.4 Å². The summed E-state index contributed by atoms with van der Waals surface area (Å²) in [4.78, 5) is 35.6. The van der Waals surface area contributed by atoms with Crippen molar-refractivity contribution in [2.24, 2.45) is 0 Å². The average molecular weight is 436 g/mol. The van der Waals surface area contributed by atoms with Gasteiger partial charge in [0, 0.05) is 7.05 Å². The fourth-order valence-corrected chi connectivity index (χ4v) is 3.63. The Balaban J connectivity index is 2.56. The highest BCUT2D eigenvalue weighted by Crippen LogP contribution is 2.26. The van der Waals surface area contributed by atoms with E-state index in [2.05, 4.69) is 19.5 Å². The lowest BCUT2D eigenvalue weighted by Gasteiger charge is -2.14. The summed E-state index contributed by atoms with van der Waals surface area (Å²) >= 11 is 0. The van der Waals surface area contributed by atoms with Gasteiger partial charge in [-0.1, -0.05) is 0 Å². The molecule has 0 spiro atoms. The van der Waals surface area contributed by atoms with E-state index >= 15 is 0 Å². The van der Waals surface area contributed by atoms with Gasteiger partial charge in [0.25, 0.3) is 15.9 Å². The molecular formula is C19H20N2O8S. The van der Waals surface area contributed by atoms with E-state index in [4.69, 9.17) is 4.74 Å². The Kier molecular flexibility index (Phi) is 7.01. The van der Waals surface area contributed by atoms with Crippen LogP contribution >= 0.6 is 0 Å². The fourth-order valence-electron chi connectivity index (χ4n) is 2.53. The van der Waals surface area contributed by atoms with Crippen molar-refractivity contribution in [3.63, 3.8) is 0 Å². The Morgan fingerprint density at radius 2 is 1.53 bits per heavy atom. The second kappa shape index (κ2) is 9.27.